The lowest BCUT2D eigenvalue weighted by atomic mass is 10.1. The molecule has 0 bridgehead atoms. The van der Waals surface area contributed by atoms with Gasteiger partial charge in [0.15, 0.2) is 5.01 Å². The third kappa shape index (κ3) is 5.25. The van der Waals surface area contributed by atoms with Gasteiger partial charge >= 0.3 is 5.97 Å². The summed E-state index contributed by atoms with van der Waals surface area (Å²) in [6, 6.07) is 12.6. The highest BCUT2D eigenvalue weighted by atomic mass is 32.1. The average molecular weight is 391 g/mol. The van der Waals surface area contributed by atoms with E-state index in [1.165, 1.54) is 11.3 Å². The first-order valence-corrected chi connectivity index (χ1v) is 9.31. The standard InChI is InChI=1S/C21H17N3O3S/c1-14-20(21(27)23-13-17-4-2-3-11-22-17)28-18(24-14)10-9-15-5-7-16(8-6-15)12-19(25)26/h2-8,11H,12-13H2,1H3,(H,23,27)(H,25,26). The highest BCUT2D eigenvalue weighted by molar-refractivity contribution is 7.14. The van der Waals surface area contributed by atoms with Gasteiger partial charge in [-0.05, 0) is 42.7 Å². The van der Waals surface area contributed by atoms with E-state index in [2.05, 4.69) is 27.1 Å². The van der Waals surface area contributed by atoms with Crippen LogP contribution in [-0.2, 0) is 17.8 Å². The van der Waals surface area contributed by atoms with Crippen molar-refractivity contribution >= 4 is 23.2 Å². The molecule has 0 atom stereocenters. The van der Waals surface area contributed by atoms with E-state index in [0.717, 1.165) is 16.8 Å². The number of aromatic nitrogens is 2. The molecule has 2 heterocycles. The zero-order chi connectivity index (χ0) is 19.9. The first-order valence-electron chi connectivity index (χ1n) is 8.49. The molecule has 0 unspecified atom stereocenters. The van der Waals surface area contributed by atoms with Gasteiger partial charge in [-0.15, -0.1) is 11.3 Å². The number of thiazole rings is 1. The second-order valence-corrected chi connectivity index (χ2v) is 6.95. The molecule has 0 radical (unpaired) electrons. The van der Waals surface area contributed by atoms with Crippen LogP contribution in [0.5, 0.6) is 0 Å². The number of nitrogens with one attached hydrogen (secondary N) is 1. The molecule has 3 rings (SSSR count). The number of carboxylic acids is 1. The third-order valence-corrected chi connectivity index (χ3v) is 4.85. The number of rotatable bonds is 5. The Morgan fingerprint density at radius 1 is 1.14 bits per heavy atom. The number of carboxylic acid groups (broad SMARTS) is 1. The van der Waals surface area contributed by atoms with Crippen molar-refractivity contribution in [2.45, 2.75) is 19.9 Å². The SMILES string of the molecule is Cc1nc(C#Cc2ccc(CC(=O)O)cc2)sc1C(=O)NCc1ccccn1. The normalized spacial score (nSPS) is 10.0. The fourth-order valence-corrected chi connectivity index (χ4v) is 3.26. The van der Waals surface area contributed by atoms with E-state index in [9.17, 15) is 9.59 Å². The molecule has 0 saturated carbocycles. The number of hydrogen-bond donors (Lipinski definition) is 2. The van der Waals surface area contributed by atoms with Gasteiger partial charge in [-0.3, -0.25) is 14.6 Å². The number of aryl methyl sites for hydroxylation is 1. The third-order valence-electron chi connectivity index (χ3n) is 3.78. The lowest BCUT2D eigenvalue weighted by molar-refractivity contribution is -0.136. The number of nitrogens with zero attached hydrogens (tertiary/aromatic N) is 2. The number of aliphatic carboxylic acids is 1. The first kappa shape index (κ1) is 19.3. The van der Waals surface area contributed by atoms with Crippen LogP contribution in [-0.4, -0.2) is 27.0 Å². The molecule has 1 aromatic carbocycles. The van der Waals surface area contributed by atoms with Crippen molar-refractivity contribution in [3.8, 4) is 11.8 Å². The van der Waals surface area contributed by atoms with Crippen molar-refractivity contribution in [2.24, 2.45) is 0 Å². The van der Waals surface area contributed by atoms with Gasteiger partial charge < -0.3 is 10.4 Å². The van der Waals surface area contributed by atoms with Gasteiger partial charge in [0.25, 0.3) is 5.91 Å². The summed E-state index contributed by atoms with van der Waals surface area (Å²) in [6.07, 6.45) is 1.66. The summed E-state index contributed by atoms with van der Waals surface area (Å²) in [5, 5.41) is 12.2. The molecule has 6 nitrogen and oxygen atoms in total. The molecule has 0 fully saturated rings. The largest absolute Gasteiger partial charge is 0.481 e. The number of hydrogen-bond acceptors (Lipinski definition) is 5. The minimum Gasteiger partial charge on any atom is -0.481 e. The van der Waals surface area contributed by atoms with Gasteiger partial charge in [0.05, 0.1) is 24.4 Å². The van der Waals surface area contributed by atoms with Crippen LogP contribution in [0.2, 0.25) is 0 Å². The fourth-order valence-electron chi connectivity index (χ4n) is 2.42. The second-order valence-electron chi connectivity index (χ2n) is 5.95. The van der Waals surface area contributed by atoms with Crippen LogP contribution in [0.4, 0.5) is 0 Å². The number of amides is 1. The van der Waals surface area contributed by atoms with E-state index in [1.807, 2.05) is 18.2 Å². The zero-order valence-corrected chi connectivity index (χ0v) is 15.9. The molecule has 7 heteroatoms. The van der Waals surface area contributed by atoms with Crippen molar-refractivity contribution in [3.63, 3.8) is 0 Å². The van der Waals surface area contributed by atoms with Crippen LogP contribution < -0.4 is 5.32 Å². The molecule has 0 spiro atoms. The first-order chi connectivity index (χ1) is 13.5. The van der Waals surface area contributed by atoms with Crippen LogP contribution in [0.3, 0.4) is 0 Å². The van der Waals surface area contributed by atoms with E-state index < -0.39 is 5.97 Å². The Balaban J connectivity index is 1.66. The summed E-state index contributed by atoms with van der Waals surface area (Å²) in [7, 11) is 0. The molecule has 1 amide bonds. The lowest BCUT2D eigenvalue weighted by Crippen LogP contribution is -2.23. The minimum atomic E-state index is -0.869. The van der Waals surface area contributed by atoms with Gasteiger partial charge in [-0.2, -0.15) is 0 Å². The number of benzene rings is 1. The summed E-state index contributed by atoms with van der Waals surface area (Å²) < 4.78 is 0. The van der Waals surface area contributed by atoms with Gasteiger partial charge in [0.1, 0.15) is 4.88 Å². The molecule has 3 aromatic rings. The van der Waals surface area contributed by atoms with Crippen molar-refractivity contribution < 1.29 is 14.7 Å². The minimum absolute atomic E-state index is 0.0175. The summed E-state index contributed by atoms with van der Waals surface area (Å²) in [5.41, 5.74) is 2.88. The Kier molecular flexibility index (Phi) is 6.14. The summed E-state index contributed by atoms with van der Waals surface area (Å²) in [6.45, 7) is 2.12. The van der Waals surface area contributed by atoms with E-state index in [0.29, 0.717) is 22.1 Å². The van der Waals surface area contributed by atoms with E-state index in [1.54, 1.807) is 37.4 Å². The van der Waals surface area contributed by atoms with Crippen molar-refractivity contribution in [1.82, 2.24) is 15.3 Å². The predicted molar refractivity (Wildman–Crippen MR) is 106 cm³/mol. The highest BCUT2D eigenvalue weighted by Gasteiger charge is 2.14. The fraction of sp³-hybridized carbons (Fsp3) is 0.143. The van der Waals surface area contributed by atoms with E-state index in [4.69, 9.17) is 5.11 Å². The zero-order valence-electron chi connectivity index (χ0n) is 15.1. The van der Waals surface area contributed by atoms with Gasteiger partial charge in [-0.25, -0.2) is 4.98 Å². The number of carbonyl (C=O) groups is 2. The van der Waals surface area contributed by atoms with Gasteiger partial charge in [-0.1, -0.05) is 24.1 Å². The molecule has 2 N–H and O–H groups in total. The molecule has 0 aliphatic carbocycles. The quantitative estimate of drug-likeness (QED) is 0.653. The molecular formula is C21H17N3O3S. The molecule has 28 heavy (non-hydrogen) atoms. The van der Waals surface area contributed by atoms with Gasteiger partial charge in [0.2, 0.25) is 0 Å². The number of carbonyl (C=O) groups excluding carboxylic acids is 1. The predicted octanol–water partition coefficient (Wildman–Crippen LogP) is 2.80. The van der Waals surface area contributed by atoms with Crippen LogP contribution in [0, 0.1) is 18.8 Å². The highest BCUT2D eigenvalue weighted by Crippen LogP contribution is 2.17. The van der Waals surface area contributed by atoms with Crippen LogP contribution in [0.25, 0.3) is 0 Å². The average Bonchev–Trinajstić information content (AvgIpc) is 3.07. The molecule has 0 aliphatic heterocycles. The molecule has 2 aromatic heterocycles. The Morgan fingerprint density at radius 2 is 1.93 bits per heavy atom. The van der Waals surface area contributed by atoms with Crippen LogP contribution >= 0.6 is 11.3 Å². The smallest absolute Gasteiger partial charge is 0.307 e. The molecule has 0 saturated heterocycles. The Morgan fingerprint density at radius 3 is 2.61 bits per heavy atom. The van der Waals surface area contributed by atoms with Crippen molar-refractivity contribution in [2.75, 3.05) is 0 Å². The number of pyridine rings is 1. The van der Waals surface area contributed by atoms with Crippen LogP contribution in [0.1, 0.15) is 37.2 Å². The maximum absolute atomic E-state index is 12.4. The molecular weight excluding hydrogens is 374 g/mol. The van der Waals surface area contributed by atoms with Gasteiger partial charge in [0, 0.05) is 11.8 Å². The Labute approximate surface area is 166 Å². The molecule has 0 aliphatic rings. The Hall–Kier alpha value is -3.50. The maximum atomic E-state index is 12.4. The van der Waals surface area contributed by atoms with Crippen molar-refractivity contribution in [1.29, 1.82) is 0 Å². The second kappa shape index (κ2) is 8.93. The summed E-state index contributed by atoms with van der Waals surface area (Å²) in [5.74, 6) is 4.88. The summed E-state index contributed by atoms with van der Waals surface area (Å²) >= 11 is 1.24. The maximum Gasteiger partial charge on any atom is 0.307 e. The summed E-state index contributed by atoms with van der Waals surface area (Å²) in [4.78, 5) is 32.1. The topological polar surface area (TPSA) is 92.2 Å². The van der Waals surface area contributed by atoms with E-state index in [-0.39, 0.29) is 12.3 Å². The van der Waals surface area contributed by atoms with Crippen LogP contribution in [0.15, 0.2) is 48.7 Å². The lowest BCUT2D eigenvalue weighted by Gasteiger charge is -2.02. The van der Waals surface area contributed by atoms with E-state index >= 15 is 0 Å². The molecule has 140 valence electrons. The monoisotopic (exact) mass is 391 g/mol. The Bertz CT molecular complexity index is 1050. The van der Waals surface area contributed by atoms with Crippen molar-refractivity contribution in [3.05, 3.63) is 81.1 Å².